The topological polar surface area (TPSA) is 54.2 Å². The predicted molar refractivity (Wildman–Crippen MR) is 67.4 cm³/mol. The van der Waals surface area contributed by atoms with Gasteiger partial charge in [0.15, 0.2) is 0 Å². The maximum atomic E-state index is 5.65. The van der Waals surface area contributed by atoms with E-state index in [1.165, 1.54) is 38.9 Å². The Morgan fingerprint density at radius 3 is 2.88 bits per heavy atom. The first-order chi connectivity index (χ1) is 7.84. The normalized spacial score (nSPS) is 16.5. The summed E-state index contributed by atoms with van der Waals surface area (Å²) >= 11 is 0. The van der Waals surface area contributed by atoms with E-state index in [9.17, 15) is 0 Å². The lowest BCUT2D eigenvalue weighted by atomic mass is 10.3. The zero-order valence-corrected chi connectivity index (χ0v) is 9.65. The molecule has 0 saturated carbocycles. The summed E-state index contributed by atoms with van der Waals surface area (Å²) in [6.45, 7) is 4.74. The summed E-state index contributed by atoms with van der Waals surface area (Å²) in [6.07, 6.45) is 7.38. The molecule has 0 bridgehead atoms. The first-order valence-corrected chi connectivity index (χ1v) is 6.01. The van der Waals surface area contributed by atoms with E-state index in [0.717, 1.165) is 12.2 Å². The molecule has 0 unspecified atom stereocenters. The predicted octanol–water partition coefficient (Wildman–Crippen LogP) is 1.56. The van der Waals surface area contributed by atoms with E-state index in [2.05, 4.69) is 15.2 Å². The third kappa shape index (κ3) is 3.38. The molecular formula is C12H20N4. The van der Waals surface area contributed by atoms with E-state index in [1.807, 2.05) is 12.3 Å². The molecule has 0 aliphatic carbocycles. The molecule has 1 aliphatic rings. The van der Waals surface area contributed by atoms with Crippen molar-refractivity contribution in [2.24, 2.45) is 0 Å². The molecule has 1 fully saturated rings. The van der Waals surface area contributed by atoms with E-state index >= 15 is 0 Å². The lowest BCUT2D eigenvalue weighted by Gasteiger charge is -2.14. The molecule has 0 spiro atoms. The lowest BCUT2D eigenvalue weighted by molar-refractivity contribution is 0.337. The van der Waals surface area contributed by atoms with Gasteiger partial charge < -0.3 is 16.0 Å². The van der Waals surface area contributed by atoms with Crippen LogP contribution in [-0.4, -0.2) is 36.1 Å². The molecule has 0 amide bonds. The largest absolute Gasteiger partial charge is 0.397 e. The van der Waals surface area contributed by atoms with Crippen LogP contribution in [0.5, 0.6) is 0 Å². The van der Waals surface area contributed by atoms with E-state index < -0.39 is 0 Å². The second-order valence-electron chi connectivity index (χ2n) is 4.34. The molecule has 2 rings (SSSR count). The summed E-state index contributed by atoms with van der Waals surface area (Å²) in [5.74, 6) is 0. The van der Waals surface area contributed by atoms with Gasteiger partial charge in [-0.1, -0.05) is 0 Å². The van der Waals surface area contributed by atoms with Crippen molar-refractivity contribution in [3.63, 3.8) is 0 Å². The molecule has 1 aromatic heterocycles. The van der Waals surface area contributed by atoms with Gasteiger partial charge in [-0.15, -0.1) is 0 Å². The summed E-state index contributed by atoms with van der Waals surface area (Å²) in [6, 6.07) is 1.92. The van der Waals surface area contributed by atoms with Crippen molar-refractivity contribution < 1.29 is 0 Å². The van der Waals surface area contributed by atoms with Gasteiger partial charge in [-0.2, -0.15) is 0 Å². The zero-order valence-electron chi connectivity index (χ0n) is 9.65. The van der Waals surface area contributed by atoms with Crippen LogP contribution in [-0.2, 0) is 0 Å². The zero-order chi connectivity index (χ0) is 11.2. The molecule has 88 valence electrons. The number of hydrogen-bond donors (Lipinski definition) is 2. The van der Waals surface area contributed by atoms with Crippen LogP contribution >= 0.6 is 0 Å². The number of likely N-dealkylation sites (tertiary alicyclic amines) is 1. The highest BCUT2D eigenvalue weighted by Gasteiger charge is 2.09. The van der Waals surface area contributed by atoms with E-state index in [0.29, 0.717) is 5.69 Å². The molecule has 1 aliphatic heterocycles. The van der Waals surface area contributed by atoms with Gasteiger partial charge in [0.2, 0.25) is 0 Å². The molecule has 0 aromatic carbocycles. The third-order valence-corrected chi connectivity index (χ3v) is 2.94. The highest BCUT2D eigenvalue weighted by molar-refractivity contribution is 5.51. The van der Waals surface area contributed by atoms with Gasteiger partial charge >= 0.3 is 0 Å². The highest BCUT2D eigenvalue weighted by Crippen LogP contribution is 2.10. The van der Waals surface area contributed by atoms with Crippen LogP contribution in [0.1, 0.15) is 19.3 Å². The second kappa shape index (κ2) is 5.70. The molecule has 16 heavy (non-hydrogen) atoms. The number of hydrogen-bond acceptors (Lipinski definition) is 4. The first kappa shape index (κ1) is 11.2. The number of nitrogens with two attached hydrogens (primary N) is 1. The number of nitrogen functional groups attached to an aromatic ring is 1. The van der Waals surface area contributed by atoms with Gasteiger partial charge in [0.1, 0.15) is 0 Å². The Morgan fingerprint density at radius 1 is 1.31 bits per heavy atom. The molecule has 4 nitrogen and oxygen atoms in total. The van der Waals surface area contributed by atoms with Crippen molar-refractivity contribution in [3.05, 3.63) is 18.5 Å². The van der Waals surface area contributed by atoms with Gasteiger partial charge in [0.05, 0.1) is 17.6 Å². The fraction of sp³-hybridized carbons (Fsp3) is 0.583. The Balaban J connectivity index is 1.64. The standard InChI is InChI=1S/C12H20N4/c13-11-8-12(10-14-9-11)15-4-3-7-16-5-1-2-6-16/h8-10,15H,1-7,13H2. The number of rotatable bonds is 5. The van der Waals surface area contributed by atoms with Gasteiger partial charge in [-0.05, 0) is 45.0 Å². The fourth-order valence-corrected chi connectivity index (χ4v) is 2.10. The van der Waals surface area contributed by atoms with Gasteiger partial charge in [-0.3, -0.25) is 4.98 Å². The molecule has 4 heteroatoms. The van der Waals surface area contributed by atoms with Crippen LogP contribution in [0, 0.1) is 0 Å². The molecule has 2 heterocycles. The molecule has 0 radical (unpaired) electrons. The maximum Gasteiger partial charge on any atom is 0.0547 e. The minimum Gasteiger partial charge on any atom is -0.397 e. The van der Waals surface area contributed by atoms with E-state index in [1.54, 1.807) is 6.20 Å². The lowest BCUT2D eigenvalue weighted by Crippen LogP contribution is -2.22. The van der Waals surface area contributed by atoms with Crippen LogP contribution < -0.4 is 11.1 Å². The van der Waals surface area contributed by atoms with E-state index in [4.69, 9.17) is 5.73 Å². The van der Waals surface area contributed by atoms with E-state index in [-0.39, 0.29) is 0 Å². The quantitative estimate of drug-likeness (QED) is 0.739. The minimum absolute atomic E-state index is 0.713. The number of aromatic nitrogens is 1. The van der Waals surface area contributed by atoms with Crippen molar-refractivity contribution >= 4 is 11.4 Å². The molecule has 1 saturated heterocycles. The number of nitrogens with zero attached hydrogens (tertiary/aromatic N) is 2. The Morgan fingerprint density at radius 2 is 2.12 bits per heavy atom. The smallest absolute Gasteiger partial charge is 0.0547 e. The Labute approximate surface area is 96.8 Å². The number of pyridine rings is 1. The summed E-state index contributed by atoms with van der Waals surface area (Å²) < 4.78 is 0. The van der Waals surface area contributed by atoms with Crippen LogP contribution in [0.4, 0.5) is 11.4 Å². The van der Waals surface area contributed by atoms with Gasteiger partial charge in [0.25, 0.3) is 0 Å². The van der Waals surface area contributed by atoms with Crippen LogP contribution in [0.25, 0.3) is 0 Å². The van der Waals surface area contributed by atoms with Crippen molar-refractivity contribution in [2.75, 3.05) is 37.2 Å². The molecular weight excluding hydrogens is 200 g/mol. The molecule has 0 atom stereocenters. The van der Waals surface area contributed by atoms with Crippen molar-refractivity contribution in [1.29, 1.82) is 0 Å². The Kier molecular flexibility index (Phi) is 3.99. The number of nitrogens with one attached hydrogen (secondary N) is 1. The van der Waals surface area contributed by atoms with Crippen LogP contribution in [0.2, 0.25) is 0 Å². The first-order valence-electron chi connectivity index (χ1n) is 6.01. The van der Waals surface area contributed by atoms with Gasteiger partial charge in [0, 0.05) is 12.7 Å². The third-order valence-electron chi connectivity index (χ3n) is 2.94. The fourth-order valence-electron chi connectivity index (χ4n) is 2.10. The van der Waals surface area contributed by atoms with Crippen molar-refractivity contribution in [3.8, 4) is 0 Å². The summed E-state index contributed by atoms with van der Waals surface area (Å²) in [7, 11) is 0. The summed E-state index contributed by atoms with van der Waals surface area (Å²) in [5.41, 5.74) is 7.38. The van der Waals surface area contributed by atoms with Gasteiger partial charge in [-0.25, -0.2) is 0 Å². The monoisotopic (exact) mass is 220 g/mol. The number of anilines is 2. The second-order valence-corrected chi connectivity index (χ2v) is 4.34. The van der Waals surface area contributed by atoms with Crippen LogP contribution in [0.3, 0.4) is 0 Å². The highest BCUT2D eigenvalue weighted by atomic mass is 15.1. The maximum absolute atomic E-state index is 5.65. The average molecular weight is 220 g/mol. The SMILES string of the molecule is Nc1cncc(NCCCN2CCCC2)c1. The Hall–Kier alpha value is -1.29. The molecule has 1 aromatic rings. The summed E-state index contributed by atoms with van der Waals surface area (Å²) in [5, 5.41) is 3.34. The van der Waals surface area contributed by atoms with Crippen molar-refractivity contribution in [1.82, 2.24) is 9.88 Å². The van der Waals surface area contributed by atoms with Crippen LogP contribution in [0.15, 0.2) is 18.5 Å². The molecule has 3 N–H and O–H groups in total. The Bertz CT molecular complexity index is 321. The average Bonchev–Trinajstić information content (AvgIpc) is 2.77. The minimum atomic E-state index is 0.713. The summed E-state index contributed by atoms with van der Waals surface area (Å²) in [4.78, 5) is 6.57. The van der Waals surface area contributed by atoms with Crippen molar-refractivity contribution in [2.45, 2.75) is 19.3 Å².